The molecule has 0 radical (unpaired) electrons. The minimum atomic E-state index is -0.734. The molecule has 17 heavy (non-hydrogen) atoms. The fraction of sp³-hybridized carbons (Fsp3) is 0.286. The van der Waals surface area contributed by atoms with Gasteiger partial charge in [0.05, 0.1) is 17.9 Å². The van der Waals surface area contributed by atoms with Crippen LogP contribution in [-0.4, -0.2) is 13.0 Å². The van der Waals surface area contributed by atoms with Crippen molar-refractivity contribution < 1.29 is 4.79 Å². The molecule has 1 unspecified atom stereocenters. The molecule has 0 fully saturated rings. The van der Waals surface area contributed by atoms with Gasteiger partial charge in [-0.25, -0.2) is 0 Å². The second-order valence-electron chi connectivity index (χ2n) is 4.29. The first kappa shape index (κ1) is 11.4. The molecule has 1 aromatic carbocycles. The molecule has 2 rings (SSSR count). The predicted octanol–water partition coefficient (Wildman–Crippen LogP) is 2.39. The summed E-state index contributed by atoms with van der Waals surface area (Å²) in [5.41, 5.74) is 1.10. The molecule has 0 spiro atoms. The second kappa shape index (κ2) is 4.06. The van der Waals surface area contributed by atoms with Crippen LogP contribution in [0.25, 0.3) is 0 Å². The zero-order valence-corrected chi connectivity index (χ0v) is 9.81. The number of amides is 1. The Morgan fingerprint density at radius 3 is 2.88 bits per heavy atom. The van der Waals surface area contributed by atoms with Gasteiger partial charge in [0.2, 0.25) is 5.91 Å². The normalized spacial score (nSPS) is 22.1. The monoisotopic (exact) mass is 226 g/mol. The van der Waals surface area contributed by atoms with Crippen LogP contribution in [0.15, 0.2) is 36.9 Å². The van der Waals surface area contributed by atoms with Gasteiger partial charge in [0.15, 0.2) is 0 Å². The highest BCUT2D eigenvalue weighted by molar-refractivity contribution is 6.08. The van der Waals surface area contributed by atoms with E-state index in [9.17, 15) is 4.79 Å². The Bertz CT molecular complexity index is 515. The fourth-order valence-electron chi connectivity index (χ4n) is 2.54. The number of nitrogens with zero attached hydrogens (tertiary/aromatic N) is 2. The molecule has 0 aliphatic carbocycles. The number of fused-ring (bicyclic) bond motifs is 1. The Labute approximate surface area is 101 Å². The molecule has 1 aliphatic rings. The highest BCUT2D eigenvalue weighted by Crippen LogP contribution is 2.45. The number of benzene rings is 1. The van der Waals surface area contributed by atoms with Crippen molar-refractivity contribution in [2.45, 2.75) is 18.3 Å². The average Bonchev–Trinajstić information content (AvgIpc) is 2.55. The number of para-hydroxylation sites is 1. The van der Waals surface area contributed by atoms with Gasteiger partial charge in [0.25, 0.3) is 0 Å². The second-order valence-corrected chi connectivity index (χ2v) is 4.29. The summed E-state index contributed by atoms with van der Waals surface area (Å²) in [6, 6.07) is 9.78. The molecule has 1 amide bonds. The molecule has 1 aliphatic heterocycles. The molecule has 1 atom stereocenters. The van der Waals surface area contributed by atoms with Crippen molar-refractivity contribution in [3.8, 4) is 6.07 Å². The van der Waals surface area contributed by atoms with Gasteiger partial charge in [-0.15, -0.1) is 6.58 Å². The number of carbonyl (C=O) groups excluding carboxylic acids is 1. The summed E-state index contributed by atoms with van der Waals surface area (Å²) < 4.78 is 0. The van der Waals surface area contributed by atoms with Crippen molar-refractivity contribution in [3.63, 3.8) is 0 Å². The highest BCUT2D eigenvalue weighted by atomic mass is 16.2. The first-order valence-corrected chi connectivity index (χ1v) is 5.53. The average molecular weight is 226 g/mol. The van der Waals surface area contributed by atoms with Crippen LogP contribution in [-0.2, 0) is 10.2 Å². The Morgan fingerprint density at radius 1 is 1.53 bits per heavy atom. The lowest BCUT2D eigenvalue weighted by Gasteiger charge is -2.23. The summed E-state index contributed by atoms with van der Waals surface area (Å²) in [6.45, 7) is 3.70. The SMILES string of the molecule is C=CCC1(CC#N)C(=O)N(C)c2ccccc21. The topological polar surface area (TPSA) is 44.1 Å². The maximum atomic E-state index is 12.4. The van der Waals surface area contributed by atoms with Crippen LogP contribution in [0.2, 0.25) is 0 Å². The smallest absolute Gasteiger partial charge is 0.238 e. The molecule has 3 nitrogen and oxygen atoms in total. The van der Waals surface area contributed by atoms with Crippen LogP contribution in [0, 0.1) is 11.3 Å². The van der Waals surface area contributed by atoms with Crippen LogP contribution in [0.1, 0.15) is 18.4 Å². The summed E-state index contributed by atoms with van der Waals surface area (Å²) >= 11 is 0. The van der Waals surface area contributed by atoms with Crippen molar-refractivity contribution in [3.05, 3.63) is 42.5 Å². The van der Waals surface area contributed by atoms with Crippen molar-refractivity contribution in [2.24, 2.45) is 0 Å². The molecule has 0 saturated heterocycles. The van der Waals surface area contributed by atoms with E-state index in [1.807, 2.05) is 24.3 Å². The maximum absolute atomic E-state index is 12.4. The summed E-state index contributed by atoms with van der Waals surface area (Å²) in [5.74, 6) is -0.0137. The lowest BCUT2D eigenvalue weighted by atomic mass is 9.76. The Morgan fingerprint density at radius 2 is 2.24 bits per heavy atom. The summed E-state index contributed by atoms with van der Waals surface area (Å²) in [6.07, 6.45) is 2.41. The third-order valence-corrected chi connectivity index (χ3v) is 3.37. The molecule has 0 bridgehead atoms. The number of carbonyl (C=O) groups is 1. The maximum Gasteiger partial charge on any atom is 0.238 e. The Kier molecular flexibility index (Phi) is 2.72. The molecular weight excluding hydrogens is 212 g/mol. The number of hydrogen-bond donors (Lipinski definition) is 0. The van der Waals surface area contributed by atoms with E-state index in [4.69, 9.17) is 5.26 Å². The standard InChI is InChI=1S/C14H14N2O/c1-3-8-14(9-10-15)11-6-4-5-7-12(11)16(2)13(14)17/h3-7H,1,8-9H2,2H3. The number of nitriles is 1. The van der Waals surface area contributed by atoms with Gasteiger partial charge in [-0.1, -0.05) is 24.3 Å². The third-order valence-electron chi connectivity index (χ3n) is 3.37. The van der Waals surface area contributed by atoms with Gasteiger partial charge in [0, 0.05) is 12.7 Å². The van der Waals surface area contributed by atoms with E-state index in [1.165, 1.54) is 0 Å². The fourth-order valence-corrected chi connectivity index (χ4v) is 2.54. The Hall–Kier alpha value is -2.08. The van der Waals surface area contributed by atoms with Crippen molar-refractivity contribution in [2.75, 3.05) is 11.9 Å². The van der Waals surface area contributed by atoms with E-state index < -0.39 is 5.41 Å². The first-order valence-electron chi connectivity index (χ1n) is 5.53. The quantitative estimate of drug-likeness (QED) is 0.743. The lowest BCUT2D eigenvalue weighted by molar-refractivity contribution is -0.122. The zero-order valence-electron chi connectivity index (χ0n) is 9.81. The number of allylic oxidation sites excluding steroid dienone is 1. The van der Waals surface area contributed by atoms with Crippen LogP contribution >= 0.6 is 0 Å². The van der Waals surface area contributed by atoms with E-state index in [1.54, 1.807) is 18.0 Å². The van der Waals surface area contributed by atoms with Gasteiger partial charge >= 0.3 is 0 Å². The van der Waals surface area contributed by atoms with Crippen LogP contribution in [0.4, 0.5) is 5.69 Å². The van der Waals surface area contributed by atoms with Crippen molar-refractivity contribution >= 4 is 11.6 Å². The number of rotatable bonds is 3. The van der Waals surface area contributed by atoms with E-state index in [-0.39, 0.29) is 12.3 Å². The van der Waals surface area contributed by atoms with E-state index >= 15 is 0 Å². The van der Waals surface area contributed by atoms with E-state index in [2.05, 4.69) is 12.6 Å². The molecule has 0 saturated carbocycles. The Balaban J connectivity index is 2.64. The number of likely N-dealkylation sites (N-methyl/N-ethyl adjacent to an activating group) is 1. The van der Waals surface area contributed by atoms with Crippen molar-refractivity contribution in [1.29, 1.82) is 5.26 Å². The number of hydrogen-bond acceptors (Lipinski definition) is 2. The zero-order chi connectivity index (χ0) is 12.5. The summed E-state index contributed by atoms with van der Waals surface area (Å²) in [4.78, 5) is 14.0. The minimum Gasteiger partial charge on any atom is -0.314 e. The number of anilines is 1. The molecule has 86 valence electrons. The van der Waals surface area contributed by atoms with E-state index in [0.717, 1.165) is 11.3 Å². The van der Waals surface area contributed by atoms with Gasteiger partial charge in [0.1, 0.15) is 0 Å². The summed E-state index contributed by atoms with van der Waals surface area (Å²) in [7, 11) is 1.75. The molecule has 0 N–H and O–H groups in total. The minimum absolute atomic E-state index is 0.0137. The predicted molar refractivity (Wildman–Crippen MR) is 66.6 cm³/mol. The highest BCUT2D eigenvalue weighted by Gasteiger charge is 2.48. The van der Waals surface area contributed by atoms with Gasteiger partial charge in [-0.2, -0.15) is 5.26 Å². The van der Waals surface area contributed by atoms with Crippen molar-refractivity contribution in [1.82, 2.24) is 0 Å². The molecule has 1 heterocycles. The lowest BCUT2D eigenvalue weighted by Crippen LogP contribution is -2.38. The van der Waals surface area contributed by atoms with Crippen LogP contribution < -0.4 is 4.90 Å². The van der Waals surface area contributed by atoms with E-state index in [0.29, 0.717) is 6.42 Å². The molecular formula is C14H14N2O. The largest absolute Gasteiger partial charge is 0.314 e. The van der Waals surface area contributed by atoms with Gasteiger partial charge in [-0.3, -0.25) is 4.79 Å². The van der Waals surface area contributed by atoms with Crippen LogP contribution in [0.3, 0.4) is 0 Å². The molecule has 0 aromatic heterocycles. The van der Waals surface area contributed by atoms with Gasteiger partial charge in [-0.05, 0) is 18.1 Å². The van der Waals surface area contributed by atoms with Crippen LogP contribution in [0.5, 0.6) is 0 Å². The third kappa shape index (κ3) is 1.45. The molecule has 3 heteroatoms. The summed E-state index contributed by atoms with van der Waals surface area (Å²) in [5, 5.41) is 8.99. The first-order chi connectivity index (χ1) is 8.17. The molecule has 1 aromatic rings. The van der Waals surface area contributed by atoms with Gasteiger partial charge < -0.3 is 4.90 Å².